The highest BCUT2D eigenvalue weighted by Gasteiger charge is 2.42. The Morgan fingerprint density at radius 3 is 2.46 bits per heavy atom. The smallest absolute Gasteiger partial charge is 0.315 e. The van der Waals surface area contributed by atoms with E-state index in [1.54, 1.807) is 12.1 Å². The Hall–Kier alpha value is -2.30. The first kappa shape index (κ1) is 18.5. The number of benzene rings is 1. The Kier molecular flexibility index (Phi) is 4.37. The molecule has 0 saturated heterocycles. The fraction of sp³-hybridized carbons (Fsp3) is 0.524. The van der Waals surface area contributed by atoms with Gasteiger partial charge >= 0.3 is 11.9 Å². The summed E-state index contributed by atoms with van der Waals surface area (Å²) in [4.78, 5) is 23.8. The van der Waals surface area contributed by atoms with Crippen LogP contribution in [0.1, 0.15) is 45.7 Å². The molecule has 0 spiro atoms. The summed E-state index contributed by atoms with van der Waals surface area (Å²) in [5.41, 5.74) is 0.958. The number of carbonyl (C=O) groups is 2. The maximum Gasteiger partial charge on any atom is 0.315 e. The summed E-state index contributed by atoms with van der Waals surface area (Å²) in [6, 6.07) is 3.83. The number of hydrogen-bond donors (Lipinski definition) is 0. The topological polar surface area (TPSA) is 61.8 Å². The van der Waals surface area contributed by atoms with Crippen LogP contribution in [0.5, 0.6) is 11.5 Å². The van der Waals surface area contributed by atoms with Gasteiger partial charge in [0.15, 0.2) is 0 Å². The molecule has 0 radical (unpaired) electrons. The molecule has 3 rings (SSSR count). The zero-order chi connectivity index (χ0) is 19.3. The highest BCUT2D eigenvalue weighted by atomic mass is 16.6. The third kappa shape index (κ3) is 3.22. The average Bonchev–Trinajstić information content (AvgIpc) is 2.94. The summed E-state index contributed by atoms with van der Waals surface area (Å²) in [5.74, 6) is 0.398. The highest BCUT2D eigenvalue weighted by molar-refractivity contribution is 5.79. The van der Waals surface area contributed by atoms with Gasteiger partial charge in [0.25, 0.3) is 0 Å². The largest absolute Gasteiger partial charge is 0.485 e. The minimum atomic E-state index is -0.741. The van der Waals surface area contributed by atoms with Crippen molar-refractivity contribution in [3.05, 3.63) is 35.9 Å². The molecule has 2 aliphatic rings. The second-order valence-corrected chi connectivity index (χ2v) is 8.28. The molecular formula is C21H26O5. The van der Waals surface area contributed by atoms with Crippen LogP contribution in [0.25, 0.3) is 0 Å². The van der Waals surface area contributed by atoms with E-state index in [1.807, 2.05) is 33.8 Å². The Bertz CT molecular complexity index is 775. The van der Waals surface area contributed by atoms with E-state index in [1.165, 1.54) is 6.92 Å². The SMILES string of the molecule is C=CC(C)(C)C1Cc2cc3c(cc2OC1=O)OC(C(C)(C)OC(C)=O)C3. The Morgan fingerprint density at radius 2 is 1.85 bits per heavy atom. The zero-order valence-corrected chi connectivity index (χ0v) is 16.0. The molecule has 140 valence electrons. The lowest BCUT2D eigenvalue weighted by molar-refractivity contribution is -0.161. The van der Waals surface area contributed by atoms with Crippen LogP contribution in [0.15, 0.2) is 24.8 Å². The Balaban J connectivity index is 1.87. The molecule has 2 aliphatic heterocycles. The van der Waals surface area contributed by atoms with E-state index in [9.17, 15) is 9.59 Å². The number of esters is 2. The van der Waals surface area contributed by atoms with Crippen molar-refractivity contribution in [2.45, 2.75) is 59.2 Å². The summed E-state index contributed by atoms with van der Waals surface area (Å²) in [7, 11) is 0. The first-order valence-electron chi connectivity index (χ1n) is 8.91. The summed E-state index contributed by atoms with van der Waals surface area (Å²) in [6.45, 7) is 12.9. The van der Waals surface area contributed by atoms with Crippen LogP contribution in [0.4, 0.5) is 0 Å². The molecule has 1 aromatic carbocycles. The molecule has 2 atom stereocenters. The monoisotopic (exact) mass is 358 g/mol. The third-order valence-corrected chi connectivity index (χ3v) is 5.44. The van der Waals surface area contributed by atoms with Gasteiger partial charge in [0.1, 0.15) is 23.2 Å². The lowest BCUT2D eigenvalue weighted by Crippen LogP contribution is -2.43. The van der Waals surface area contributed by atoms with Crippen LogP contribution in [0.3, 0.4) is 0 Å². The van der Waals surface area contributed by atoms with Crippen molar-refractivity contribution in [2.75, 3.05) is 0 Å². The van der Waals surface area contributed by atoms with Gasteiger partial charge in [-0.25, -0.2) is 0 Å². The van der Waals surface area contributed by atoms with E-state index < -0.39 is 5.60 Å². The first-order chi connectivity index (χ1) is 12.0. The van der Waals surface area contributed by atoms with Crippen LogP contribution < -0.4 is 9.47 Å². The minimum Gasteiger partial charge on any atom is -0.485 e. The lowest BCUT2D eigenvalue weighted by Gasteiger charge is -2.33. The van der Waals surface area contributed by atoms with Crippen LogP contribution >= 0.6 is 0 Å². The van der Waals surface area contributed by atoms with Gasteiger partial charge in [-0.3, -0.25) is 9.59 Å². The van der Waals surface area contributed by atoms with Crippen molar-refractivity contribution in [3.63, 3.8) is 0 Å². The van der Waals surface area contributed by atoms with Gasteiger partial charge in [-0.15, -0.1) is 6.58 Å². The fourth-order valence-electron chi connectivity index (χ4n) is 3.59. The predicted molar refractivity (Wildman–Crippen MR) is 97.2 cm³/mol. The van der Waals surface area contributed by atoms with Crippen LogP contribution in [-0.2, 0) is 27.2 Å². The van der Waals surface area contributed by atoms with E-state index in [0.717, 1.165) is 11.1 Å². The van der Waals surface area contributed by atoms with Crippen molar-refractivity contribution in [1.82, 2.24) is 0 Å². The second kappa shape index (κ2) is 6.15. The molecule has 0 amide bonds. The van der Waals surface area contributed by atoms with Crippen LogP contribution in [-0.4, -0.2) is 23.6 Å². The number of carbonyl (C=O) groups excluding carboxylic acids is 2. The number of ether oxygens (including phenoxy) is 3. The van der Waals surface area contributed by atoms with Crippen LogP contribution in [0, 0.1) is 11.3 Å². The number of allylic oxidation sites excluding steroid dienone is 1. The van der Waals surface area contributed by atoms with Gasteiger partial charge in [-0.2, -0.15) is 0 Å². The van der Waals surface area contributed by atoms with Crippen LogP contribution in [0.2, 0.25) is 0 Å². The molecule has 5 nitrogen and oxygen atoms in total. The average molecular weight is 358 g/mol. The normalized spacial score (nSPS) is 22.0. The van der Waals surface area contributed by atoms with Gasteiger partial charge in [0.2, 0.25) is 0 Å². The second-order valence-electron chi connectivity index (χ2n) is 8.28. The quantitative estimate of drug-likeness (QED) is 0.467. The van der Waals surface area contributed by atoms with E-state index in [0.29, 0.717) is 24.3 Å². The van der Waals surface area contributed by atoms with E-state index in [4.69, 9.17) is 14.2 Å². The van der Waals surface area contributed by atoms with Gasteiger partial charge < -0.3 is 14.2 Å². The minimum absolute atomic E-state index is 0.239. The van der Waals surface area contributed by atoms with Gasteiger partial charge in [0, 0.05) is 19.4 Å². The van der Waals surface area contributed by atoms with Gasteiger partial charge in [-0.05, 0) is 42.9 Å². The van der Waals surface area contributed by atoms with Crippen molar-refractivity contribution >= 4 is 11.9 Å². The lowest BCUT2D eigenvalue weighted by atomic mass is 9.74. The van der Waals surface area contributed by atoms with E-state index in [-0.39, 0.29) is 29.4 Å². The summed E-state index contributed by atoms with van der Waals surface area (Å²) >= 11 is 0. The standard InChI is InChI=1S/C21H26O5/c1-7-20(3,4)15-9-13-8-14-10-18(21(5,6)26-12(2)22)24-16(14)11-17(13)25-19(15)23/h7-8,11,15,18H,1,9-10H2,2-6H3. The highest BCUT2D eigenvalue weighted by Crippen LogP contribution is 2.43. The molecular weight excluding hydrogens is 332 g/mol. The Morgan fingerprint density at radius 1 is 1.19 bits per heavy atom. The number of fused-ring (bicyclic) bond motifs is 2. The number of hydrogen-bond acceptors (Lipinski definition) is 5. The molecule has 0 aliphatic carbocycles. The fourth-order valence-corrected chi connectivity index (χ4v) is 3.59. The summed E-state index contributed by atoms with van der Waals surface area (Å²) in [5, 5.41) is 0. The third-order valence-electron chi connectivity index (χ3n) is 5.44. The van der Waals surface area contributed by atoms with Crippen molar-refractivity contribution in [2.24, 2.45) is 11.3 Å². The molecule has 2 unspecified atom stereocenters. The molecule has 0 N–H and O–H groups in total. The zero-order valence-electron chi connectivity index (χ0n) is 16.0. The molecule has 2 heterocycles. The number of rotatable bonds is 4. The Labute approximate surface area is 154 Å². The van der Waals surface area contributed by atoms with Gasteiger partial charge in [-0.1, -0.05) is 19.9 Å². The maximum absolute atomic E-state index is 12.4. The first-order valence-corrected chi connectivity index (χ1v) is 8.91. The molecule has 0 bridgehead atoms. The molecule has 5 heteroatoms. The van der Waals surface area contributed by atoms with E-state index >= 15 is 0 Å². The van der Waals surface area contributed by atoms with Crippen molar-refractivity contribution in [3.8, 4) is 11.5 Å². The molecule has 0 aromatic heterocycles. The maximum atomic E-state index is 12.4. The summed E-state index contributed by atoms with van der Waals surface area (Å²) in [6.07, 6.45) is 2.78. The van der Waals surface area contributed by atoms with E-state index in [2.05, 4.69) is 6.58 Å². The van der Waals surface area contributed by atoms with Crippen molar-refractivity contribution in [1.29, 1.82) is 0 Å². The van der Waals surface area contributed by atoms with Crippen molar-refractivity contribution < 1.29 is 23.8 Å². The summed E-state index contributed by atoms with van der Waals surface area (Å²) < 4.78 is 17.0. The molecule has 0 saturated carbocycles. The molecule has 1 aromatic rings. The predicted octanol–water partition coefficient (Wildman–Crippen LogP) is 3.62. The molecule has 0 fully saturated rings. The van der Waals surface area contributed by atoms with Gasteiger partial charge in [0.05, 0.1) is 5.92 Å². The molecule has 26 heavy (non-hydrogen) atoms.